The lowest BCUT2D eigenvalue weighted by molar-refractivity contribution is -0.120. The van der Waals surface area contributed by atoms with Crippen LogP contribution in [0.4, 0.5) is 10.1 Å². The molecule has 0 spiro atoms. The molecule has 1 unspecified atom stereocenters. The average Bonchev–Trinajstić information content (AvgIpc) is 2.44. The SMILES string of the molecule is CC(SCC(=O)Nc1ccc(F)cc1)C(=O)NCCN. The van der Waals surface area contributed by atoms with E-state index in [0.717, 1.165) is 0 Å². The van der Waals surface area contributed by atoms with Gasteiger partial charge >= 0.3 is 0 Å². The quantitative estimate of drug-likeness (QED) is 0.700. The van der Waals surface area contributed by atoms with E-state index in [4.69, 9.17) is 5.73 Å². The number of nitrogens with one attached hydrogen (secondary N) is 2. The van der Waals surface area contributed by atoms with Gasteiger partial charge in [-0.2, -0.15) is 0 Å². The van der Waals surface area contributed by atoms with Gasteiger partial charge in [0.05, 0.1) is 11.0 Å². The van der Waals surface area contributed by atoms with Crippen molar-refractivity contribution in [3.8, 4) is 0 Å². The van der Waals surface area contributed by atoms with Gasteiger partial charge in [-0.3, -0.25) is 9.59 Å². The van der Waals surface area contributed by atoms with Crippen LogP contribution in [0.25, 0.3) is 0 Å². The Morgan fingerprint density at radius 2 is 2.00 bits per heavy atom. The first kappa shape index (κ1) is 16.5. The first-order valence-electron chi connectivity index (χ1n) is 6.17. The maximum Gasteiger partial charge on any atom is 0.234 e. The fourth-order valence-corrected chi connectivity index (χ4v) is 2.05. The van der Waals surface area contributed by atoms with E-state index in [-0.39, 0.29) is 28.6 Å². The molecule has 0 aliphatic heterocycles. The molecule has 0 aromatic heterocycles. The molecule has 5 nitrogen and oxygen atoms in total. The number of thioether (sulfide) groups is 1. The molecular weight excluding hydrogens is 281 g/mol. The van der Waals surface area contributed by atoms with Crippen molar-refractivity contribution >= 4 is 29.3 Å². The number of carbonyl (C=O) groups is 2. The zero-order chi connectivity index (χ0) is 15.0. The van der Waals surface area contributed by atoms with Crippen LogP contribution in [0, 0.1) is 5.82 Å². The number of nitrogens with two attached hydrogens (primary N) is 1. The van der Waals surface area contributed by atoms with E-state index >= 15 is 0 Å². The van der Waals surface area contributed by atoms with Crippen LogP contribution in [0.3, 0.4) is 0 Å². The van der Waals surface area contributed by atoms with Gasteiger partial charge in [-0.05, 0) is 31.2 Å². The predicted molar refractivity (Wildman–Crippen MR) is 79.0 cm³/mol. The highest BCUT2D eigenvalue weighted by atomic mass is 32.2. The van der Waals surface area contributed by atoms with Crippen molar-refractivity contribution in [2.75, 3.05) is 24.2 Å². The largest absolute Gasteiger partial charge is 0.354 e. The van der Waals surface area contributed by atoms with Gasteiger partial charge in [0, 0.05) is 18.8 Å². The van der Waals surface area contributed by atoms with Crippen LogP contribution in [0.15, 0.2) is 24.3 Å². The molecule has 0 aliphatic rings. The number of amides is 2. The van der Waals surface area contributed by atoms with E-state index in [2.05, 4.69) is 10.6 Å². The number of hydrogen-bond donors (Lipinski definition) is 3. The molecule has 4 N–H and O–H groups in total. The van der Waals surface area contributed by atoms with E-state index in [1.807, 2.05) is 0 Å². The molecule has 0 bridgehead atoms. The normalized spacial score (nSPS) is 11.8. The smallest absolute Gasteiger partial charge is 0.234 e. The lowest BCUT2D eigenvalue weighted by Crippen LogP contribution is -2.35. The predicted octanol–water partition coefficient (Wildman–Crippen LogP) is 0.961. The Morgan fingerprint density at radius 3 is 2.60 bits per heavy atom. The molecule has 1 rings (SSSR count). The van der Waals surface area contributed by atoms with Crippen molar-refractivity contribution in [2.24, 2.45) is 5.73 Å². The number of anilines is 1. The highest BCUT2D eigenvalue weighted by Gasteiger charge is 2.14. The van der Waals surface area contributed by atoms with E-state index in [9.17, 15) is 14.0 Å². The number of rotatable bonds is 7. The van der Waals surface area contributed by atoms with Gasteiger partial charge in [-0.1, -0.05) is 0 Å². The number of carbonyl (C=O) groups excluding carboxylic acids is 2. The monoisotopic (exact) mass is 299 g/mol. The molecular formula is C13H18FN3O2S. The van der Waals surface area contributed by atoms with Crippen LogP contribution in [0.5, 0.6) is 0 Å². The summed E-state index contributed by atoms with van der Waals surface area (Å²) in [5, 5.41) is 4.95. The second-order valence-corrected chi connectivity index (χ2v) is 5.42. The molecule has 7 heteroatoms. The van der Waals surface area contributed by atoms with Crippen molar-refractivity contribution in [1.29, 1.82) is 0 Å². The molecule has 0 aliphatic carbocycles. The van der Waals surface area contributed by atoms with Gasteiger partial charge < -0.3 is 16.4 Å². The fraction of sp³-hybridized carbons (Fsp3) is 0.385. The third-order valence-corrected chi connectivity index (χ3v) is 3.55. The van der Waals surface area contributed by atoms with Crippen LogP contribution >= 0.6 is 11.8 Å². The zero-order valence-corrected chi connectivity index (χ0v) is 12.0. The summed E-state index contributed by atoms with van der Waals surface area (Å²) in [5.41, 5.74) is 5.81. The highest BCUT2D eigenvalue weighted by molar-refractivity contribution is 8.01. The van der Waals surface area contributed by atoms with E-state index in [1.165, 1.54) is 36.0 Å². The maximum absolute atomic E-state index is 12.7. The molecule has 0 saturated carbocycles. The first-order chi connectivity index (χ1) is 9.52. The summed E-state index contributed by atoms with van der Waals surface area (Å²) in [5.74, 6) is -0.591. The maximum atomic E-state index is 12.7. The van der Waals surface area contributed by atoms with Crippen molar-refractivity contribution < 1.29 is 14.0 Å². The van der Waals surface area contributed by atoms with Crippen LogP contribution in [-0.2, 0) is 9.59 Å². The van der Waals surface area contributed by atoms with Gasteiger partial charge in [0.25, 0.3) is 0 Å². The van der Waals surface area contributed by atoms with Crippen LogP contribution in [0.1, 0.15) is 6.92 Å². The molecule has 20 heavy (non-hydrogen) atoms. The summed E-state index contributed by atoms with van der Waals surface area (Å²) in [7, 11) is 0. The van der Waals surface area contributed by atoms with Gasteiger partial charge in [-0.25, -0.2) is 4.39 Å². The zero-order valence-electron chi connectivity index (χ0n) is 11.2. The minimum atomic E-state index is -0.359. The van der Waals surface area contributed by atoms with Crippen LogP contribution < -0.4 is 16.4 Å². The van der Waals surface area contributed by atoms with Crippen LogP contribution in [0.2, 0.25) is 0 Å². The third kappa shape index (κ3) is 6.03. The lowest BCUT2D eigenvalue weighted by Gasteiger charge is -2.11. The number of benzene rings is 1. The highest BCUT2D eigenvalue weighted by Crippen LogP contribution is 2.12. The number of halogens is 1. The minimum Gasteiger partial charge on any atom is -0.354 e. The van der Waals surface area contributed by atoms with Crippen molar-refractivity contribution in [3.05, 3.63) is 30.1 Å². The summed E-state index contributed by atoms with van der Waals surface area (Å²) in [4.78, 5) is 23.2. The summed E-state index contributed by atoms with van der Waals surface area (Å²) in [6, 6.07) is 5.50. The van der Waals surface area contributed by atoms with Gasteiger partial charge in [-0.15, -0.1) is 11.8 Å². The molecule has 0 radical (unpaired) electrons. The molecule has 2 amide bonds. The van der Waals surface area contributed by atoms with E-state index in [1.54, 1.807) is 6.92 Å². The molecule has 110 valence electrons. The average molecular weight is 299 g/mol. The first-order valence-corrected chi connectivity index (χ1v) is 7.22. The van der Waals surface area contributed by atoms with Gasteiger partial charge in [0.2, 0.25) is 11.8 Å². The fourth-order valence-electron chi connectivity index (χ4n) is 1.35. The van der Waals surface area contributed by atoms with Crippen molar-refractivity contribution in [1.82, 2.24) is 5.32 Å². The Balaban J connectivity index is 2.32. The standard InChI is InChI=1S/C13H18FN3O2S/c1-9(13(19)16-7-6-15)20-8-12(18)17-11-4-2-10(14)3-5-11/h2-5,9H,6-8,15H2,1H3,(H,16,19)(H,17,18). The molecule has 0 fully saturated rings. The molecule has 0 saturated heterocycles. The molecule has 0 heterocycles. The Kier molecular flexibility index (Phi) is 7.03. The van der Waals surface area contributed by atoms with Gasteiger partial charge in [0.15, 0.2) is 0 Å². The summed E-state index contributed by atoms with van der Waals surface area (Å²) >= 11 is 1.23. The molecule has 1 atom stereocenters. The van der Waals surface area contributed by atoms with Crippen molar-refractivity contribution in [2.45, 2.75) is 12.2 Å². The number of hydrogen-bond acceptors (Lipinski definition) is 4. The third-order valence-electron chi connectivity index (χ3n) is 2.41. The lowest BCUT2D eigenvalue weighted by atomic mass is 10.3. The second-order valence-electron chi connectivity index (χ2n) is 4.09. The minimum absolute atomic E-state index is 0.143. The second kappa shape index (κ2) is 8.55. The molecule has 1 aromatic rings. The van der Waals surface area contributed by atoms with Crippen LogP contribution in [-0.4, -0.2) is 35.9 Å². The topological polar surface area (TPSA) is 84.2 Å². The Bertz CT molecular complexity index is 453. The van der Waals surface area contributed by atoms with Gasteiger partial charge in [0.1, 0.15) is 5.82 Å². The van der Waals surface area contributed by atoms with E-state index in [0.29, 0.717) is 18.8 Å². The Morgan fingerprint density at radius 1 is 1.35 bits per heavy atom. The summed E-state index contributed by atoms with van der Waals surface area (Å²) in [6.45, 7) is 2.53. The summed E-state index contributed by atoms with van der Waals surface area (Å²) in [6.07, 6.45) is 0. The Labute approximate surface area is 121 Å². The van der Waals surface area contributed by atoms with Crippen molar-refractivity contribution in [3.63, 3.8) is 0 Å². The Hall–Kier alpha value is -1.60. The summed E-state index contributed by atoms with van der Waals surface area (Å²) < 4.78 is 12.7. The molecule has 1 aromatic carbocycles. The van der Waals surface area contributed by atoms with E-state index < -0.39 is 0 Å².